The van der Waals surface area contributed by atoms with Gasteiger partial charge >= 0.3 is 12.3 Å². The van der Waals surface area contributed by atoms with E-state index in [-0.39, 0.29) is 17.7 Å². The van der Waals surface area contributed by atoms with Crippen LogP contribution in [-0.4, -0.2) is 29.4 Å². The average molecular weight is 393 g/mol. The lowest BCUT2D eigenvalue weighted by Gasteiger charge is -2.15. The molecule has 8 heteroatoms. The molecule has 0 bridgehead atoms. The van der Waals surface area contributed by atoms with Gasteiger partial charge < -0.3 is 15.2 Å². The number of carbonyl (C=O) groups excluding carboxylic acids is 1. The molecule has 5 nitrogen and oxygen atoms in total. The largest absolute Gasteiger partial charge is 0.573 e. The van der Waals surface area contributed by atoms with Gasteiger partial charge in [0.15, 0.2) is 0 Å². The molecular weight excluding hydrogens is 375 g/mol. The standard InChI is InChI=1S/C20H18F3NO4/c21-20(22,23)28-17-9-5-4-8-13(17)14-11-15(14)18(25)24-16(19(26)27)10-12-6-2-1-3-7-12/h1-9,14-16H,10-11H2,(H,24,25)(H,26,27)/t14?,15?,16-/m0/s1. The maximum atomic E-state index is 12.6. The topological polar surface area (TPSA) is 75.6 Å². The van der Waals surface area contributed by atoms with Gasteiger partial charge in [-0.15, -0.1) is 13.2 Å². The van der Waals surface area contributed by atoms with E-state index < -0.39 is 36.1 Å². The number of hydrogen-bond acceptors (Lipinski definition) is 3. The predicted molar refractivity (Wildman–Crippen MR) is 93.7 cm³/mol. The zero-order valence-electron chi connectivity index (χ0n) is 14.6. The molecule has 0 spiro atoms. The molecule has 0 aromatic heterocycles. The number of amides is 1. The Morgan fingerprint density at radius 3 is 2.39 bits per heavy atom. The van der Waals surface area contributed by atoms with Crippen molar-refractivity contribution in [1.29, 1.82) is 0 Å². The first-order valence-electron chi connectivity index (χ1n) is 8.66. The molecule has 2 aromatic rings. The van der Waals surface area contributed by atoms with Gasteiger partial charge in [-0.2, -0.15) is 0 Å². The van der Waals surface area contributed by atoms with Crippen molar-refractivity contribution < 1.29 is 32.6 Å². The molecule has 28 heavy (non-hydrogen) atoms. The highest BCUT2D eigenvalue weighted by Gasteiger charge is 2.47. The molecule has 0 radical (unpaired) electrons. The molecule has 148 valence electrons. The Labute approximate surface area is 159 Å². The minimum absolute atomic E-state index is 0.118. The first-order chi connectivity index (χ1) is 13.2. The fourth-order valence-electron chi connectivity index (χ4n) is 3.16. The number of aliphatic carboxylic acids is 1. The summed E-state index contributed by atoms with van der Waals surface area (Å²) in [6.07, 6.45) is -4.37. The number of para-hydroxylation sites is 1. The average Bonchev–Trinajstić information content (AvgIpc) is 3.42. The lowest BCUT2D eigenvalue weighted by Crippen LogP contribution is -2.43. The van der Waals surface area contributed by atoms with Crippen molar-refractivity contribution in [3.63, 3.8) is 0 Å². The number of halogens is 3. The maximum Gasteiger partial charge on any atom is 0.573 e. The summed E-state index contributed by atoms with van der Waals surface area (Å²) in [7, 11) is 0. The maximum absolute atomic E-state index is 12.6. The zero-order valence-corrected chi connectivity index (χ0v) is 14.6. The first kappa shape index (κ1) is 19.7. The molecular formula is C20H18F3NO4. The monoisotopic (exact) mass is 393 g/mol. The van der Waals surface area contributed by atoms with Crippen molar-refractivity contribution in [2.75, 3.05) is 0 Å². The highest BCUT2D eigenvalue weighted by Crippen LogP contribution is 2.51. The molecule has 1 saturated carbocycles. The summed E-state index contributed by atoms with van der Waals surface area (Å²) >= 11 is 0. The molecule has 2 unspecified atom stereocenters. The van der Waals surface area contributed by atoms with E-state index in [0.717, 1.165) is 5.56 Å². The van der Waals surface area contributed by atoms with E-state index >= 15 is 0 Å². The van der Waals surface area contributed by atoms with Crippen LogP contribution in [0.4, 0.5) is 13.2 Å². The number of hydrogen-bond donors (Lipinski definition) is 2. The van der Waals surface area contributed by atoms with Crippen LogP contribution in [0, 0.1) is 5.92 Å². The van der Waals surface area contributed by atoms with Gasteiger partial charge in [-0.05, 0) is 29.5 Å². The van der Waals surface area contributed by atoms with Gasteiger partial charge in [-0.3, -0.25) is 4.79 Å². The molecule has 0 aliphatic heterocycles. The number of carbonyl (C=O) groups is 2. The second kappa shape index (κ2) is 7.92. The van der Waals surface area contributed by atoms with E-state index in [4.69, 9.17) is 0 Å². The van der Waals surface area contributed by atoms with Crippen LogP contribution in [0.5, 0.6) is 5.75 Å². The third-order valence-electron chi connectivity index (χ3n) is 4.57. The van der Waals surface area contributed by atoms with Gasteiger partial charge in [-0.25, -0.2) is 4.79 Å². The van der Waals surface area contributed by atoms with Crippen LogP contribution in [0.15, 0.2) is 54.6 Å². The Kier molecular flexibility index (Phi) is 5.58. The van der Waals surface area contributed by atoms with Gasteiger partial charge in [0.25, 0.3) is 0 Å². The van der Waals surface area contributed by atoms with Crippen LogP contribution in [0.25, 0.3) is 0 Å². The summed E-state index contributed by atoms with van der Waals surface area (Å²) in [6, 6.07) is 13.4. The molecule has 1 amide bonds. The molecule has 0 saturated heterocycles. The second-order valence-corrected chi connectivity index (χ2v) is 6.62. The molecule has 2 N–H and O–H groups in total. The van der Waals surface area contributed by atoms with Gasteiger partial charge in [0.2, 0.25) is 5.91 Å². The Morgan fingerprint density at radius 1 is 1.11 bits per heavy atom. The van der Waals surface area contributed by atoms with E-state index in [9.17, 15) is 27.9 Å². The fraction of sp³-hybridized carbons (Fsp3) is 0.300. The van der Waals surface area contributed by atoms with Crippen LogP contribution >= 0.6 is 0 Å². The lowest BCUT2D eigenvalue weighted by molar-refractivity contribution is -0.274. The van der Waals surface area contributed by atoms with Crippen molar-refractivity contribution in [2.45, 2.75) is 31.2 Å². The van der Waals surface area contributed by atoms with Gasteiger partial charge in [0.05, 0.1) is 0 Å². The third kappa shape index (κ3) is 5.03. The summed E-state index contributed by atoms with van der Waals surface area (Å²) in [4.78, 5) is 23.9. The summed E-state index contributed by atoms with van der Waals surface area (Å²) in [5.41, 5.74) is 1.04. The van der Waals surface area contributed by atoms with Gasteiger partial charge in [-0.1, -0.05) is 48.5 Å². The molecule has 1 aliphatic carbocycles. The van der Waals surface area contributed by atoms with Crippen molar-refractivity contribution in [3.05, 3.63) is 65.7 Å². The summed E-state index contributed by atoms with van der Waals surface area (Å²) < 4.78 is 41.7. The highest BCUT2D eigenvalue weighted by molar-refractivity contribution is 5.87. The van der Waals surface area contributed by atoms with Crippen LogP contribution in [0.1, 0.15) is 23.5 Å². The van der Waals surface area contributed by atoms with E-state index in [1.807, 2.05) is 0 Å². The molecule has 1 fully saturated rings. The number of rotatable bonds is 7. The molecule has 0 heterocycles. The predicted octanol–water partition coefficient (Wildman–Crippen LogP) is 3.50. The second-order valence-electron chi connectivity index (χ2n) is 6.62. The van der Waals surface area contributed by atoms with E-state index in [1.54, 1.807) is 36.4 Å². The lowest BCUT2D eigenvalue weighted by atomic mass is 10.0. The normalized spacial score (nSPS) is 19.5. The Balaban J connectivity index is 1.66. The SMILES string of the molecule is O=C(N[C@@H](Cc1ccccc1)C(=O)O)C1CC1c1ccccc1OC(F)(F)F. The zero-order chi connectivity index (χ0) is 20.3. The van der Waals surface area contributed by atoms with Crippen LogP contribution in [0.2, 0.25) is 0 Å². The number of ether oxygens (including phenoxy) is 1. The molecule has 3 rings (SSSR count). The van der Waals surface area contributed by atoms with Crippen LogP contribution in [0.3, 0.4) is 0 Å². The minimum atomic E-state index is -4.83. The summed E-state index contributed by atoms with van der Waals surface area (Å²) in [5.74, 6) is -3.03. The van der Waals surface area contributed by atoms with E-state index in [1.165, 1.54) is 18.2 Å². The van der Waals surface area contributed by atoms with Crippen molar-refractivity contribution in [1.82, 2.24) is 5.32 Å². The number of alkyl halides is 3. The van der Waals surface area contributed by atoms with E-state index in [0.29, 0.717) is 6.42 Å². The Bertz CT molecular complexity index is 854. The number of carboxylic acid groups (broad SMARTS) is 1. The van der Waals surface area contributed by atoms with Crippen LogP contribution < -0.4 is 10.1 Å². The van der Waals surface area contributed by atoms with Crippen LogP contribution in [-0.2, 0) is 16.0 Å². The van der Waals surface area contributed by atoms with Gasteiger partial charge in [0, 0.05) is 12.3 Å². The van der Waals surface area contributed by atoms with Gasteiger partial charge in [0.1, 0.15) is 11.8 Å². The molecule has 2 aromatic carbocycles. The fourth-order valence-corrected chi connectivity index (χ4v) is 3.16. The molecule has 1 aliphatic rings. The van der Waals surface area contributed by atoms with E-state index in [2.05, 4.69) is 10.1 Å². The smallest absolute Gasteiger partial charge is 0.480 e. The van der Waals surface area contributed by atoms with Crippen molar-refractivity contribution in [2.24, 2.45) is 5.92 Å². The first-order valence-corrected chi connectivity index (χ1v) is 8.66. The summed E-state index contributed by atoms with van der Waals surface area (Å²) in [5, 5.41) is 11.9. The van der Waals surface area contributed by atoms with Crippen molar-refractivity contribution in [3.8, 4) is 5.75 Å². The Hall–Kier alpha value is -3.03. The minimum Gasteiger partial charge on any atom is -0.480 e. The highest BCUT2D eigenvalue weighted by atomic mass is 19.4. The quantitative estimate of drug-likeness (QED) is 0.755. The number of carboxylic acids is 1. The number of nitrogens with one attached hydrogen (secondary N) is 1. The number of benzene rings is 2. The Morgan fingerprint density at radius 2 is 1.75 bits per heavy atom. The third-order valence-corrected chi connectivity index (χ3v) is 4.57. The molecule has 3 atom stereocenters. The van der Waals surface area contributed by atoms with Crippen molar-refractivity contribution >= 4 is 11.9 Å². The summed E-state index contributed by atoms with van der Waals surface area (Å²) in [6.45, 7) is 0.